The molecule has 0 amide bonds. The van der Waals surface area contributed by atoms with E-state index < -0.39 is 23.2 Å². The maximum atomic E-state index is 11.9. The van der Waals surface area contributed by atoms with E-state index in [1.807, 2.05) is 13.0 Å². The van der Waals surface area contributed by atoms with Gasteiger partial charge in [-0.25, -0.2) is 0 Å². The van der Waals surface area contributed by atoms with Crippen molar-refractivity contribution in [2.75, 3.05) is 0 Å². The maximum Gasteiger partial charge on any atom is 0.285 e. The van der Waals surface area contributed by atoms with Crippen molar-refractivity contribution in [3.63, 3.8) is 0 Å². The van der Waals surface area contributed by atoms with Crippen LogP contribution in [0.2, 0.25) is 0 Å². The van der Waals surface area contributed by atoms with Crippen LogP contribution in [-0.2, 0) is 12.2 Å². The zero-order chi connectivity index (χ0) is 34.1. The van der Waals surface area contributed by atoms with Gasteiger partial charge in [0.15, 0.2) is 0 Å². The second kappa shape index (κ2) is 11.2. The second-order valence-corrected chi connectivity index (χ2v) is 13.8. The molecule has 4 aromatic rings. The predicted octanol–water partition coefficient (Wildman–Crippen LogP) is 7.27. The van der Waals surface area contributed by atoms with E-state index in [-0.39, 0.29) is 64.4 Å². The van der Waals surface area contributed by atoms with Crippen LogP contribution in [0.5, 0.6) is 46.0 Å². The van der Waals surface area contributed by atoms with Gasteiger partial charge in [0, 0.05) is 40.7 Å². The van der Waals surface area contributed by atoms with E-state index >= 15 is 0 Å². The largest absolute Gasteiger partial charge is 0.508 e. The number of benzene rings is 4. The first kappa shape index (κ1) is 31.3. The molecule has 0 fully saturated rings. The predicted molar refractivity (Wildman–Crippen MR) is 180 cm³/mol. The summed E-state index contributed by atoms with van der Waals surface area (Å²) in [6.45, 7) is 5.35. The van der Waals surface area contributed by atoms with Crippen molar-refractivity contribution in [3.8, 4) is 46.0 Å². The molecule has 3 aliphatic rings. The topological polar surface area (TPSA) is 160 Å². The van der Waals surface area contributed by atoms with Gasteiger partial charge in [0.05, 0.1) is 17.1 Å². The molecule has 2 heterocycles. The van der Waals surface area contributed by atoms with Crippen molar-refractivity contribution in [2.45, 2.75) is 63.3 Å². The molecule has 1 unspecified atom stereocenters. The zero-order valence-corrected chi connectivity index (χ0v) is 26.8. The Bertz CT molecular complexity index is 2000. The molecule has 0 spiro atoms. The van der Waals surface area contributed by atoms with Gasteiger partial charge in [0.1, 0.15) is 46.0 Å². The molecule has 7 rings (SSSR count). The first-order valence-corrected chi connectivity index (χ1v) is 16.0. The number of allylic oxidation sites excluding steroid dienone is 2. The van der Waals surface area contributed by atoms with Crippen molar-refractivity contribution in [1.29, 1.82) is 0 Å². The van der Waals surface area contributed by atoms with E-state index in [0.717, 1.165) is 11.1 Å². The van der Waals surface area contributed by atoms with Gasteiger partial charge in [0.2, 0.25) is 0 Å². The Morgan fingerprint density at radius 2 is 1.54 bits per heavy atom. The summed E-state index contributed by atoms with van der Waals surface area (Å²) in [6.07, 6.45) is 6.53. The number of phenolic OH excluding ortho intramolecular Hbond substituents is 6. The van der Waals surface area contributed by atoms with Crippen LogP contribution in [0, 0.1) is 5.92 Å². The molecule has 248 valence electrons. The lowest BCUT2D eigenvalue weighted by Gasteiger charge is -2.55. The van der Waals surface area contributed by atoms with Gasteiger partial charge < -0.3 is 45.2 Å². The number of hydrogen-bond acceptors (Lipinski definition) is 9. The number of aliphatic hydroxyl groups is 1. The van der Waals surface area contributed by atoms with Crippen molar-refractivity contribution >= 4 is 12.2 Å². The lowest BCUT2D eigenvalue weighted by Crippen LogP contribution is -2.56. The molecule has 0 bridgehead atoms. The molecule has 4 atom stereocenters. The highest BCUT2D eigenvalue weighted by atomic mass is 16.7. The van der Waals surface area contributed by atoms with Crippen LogP contribution < -0.4 is 9.47 Å². The summed E-state index contributed by atoms with van der Waals surface area (Å²) in [5.74, 6) is -2.58. The van der Waals surface area contributed by atoms with E-state index in [0.29, 0.717) is 34.6 Å². The van der Waals surface area contributed by atoms with E-state index in [9.17, 15) is 35.7 Å². The summed E-state index contributed by atoms with van der Waals surface area (Å²) in [7, 11) is 0. The molecule has 1 aliphatic carbocycles. The second-order valence-electron chi connectivity index (χ2n) is 13.8. The standard InChI is InChI=1S/C39H38O9/c1-20-14-27-25-9-8-24(41)19-33(25)47-39(29-10-11-30(42)26(37(29)45)12-13-38(2,3)46)36(27)28(15-20)35-32(44)16-21(17-34(35)48-39)4-5-22-6-7-23(40)18-31(22)43/h4-11,15-19,27-28,36,40-46H,12-14H2,1-3H3/b5-4+/t27-,28-,36-,39?/m0/s1. The Morgan fingerprint density at radius 3 is 2.29 bits per heavy atom. The summed E-state index contributed by atoms with van der Waals surface area (Å²) in [5, 5.41) is 75.3. The molecule has 9 heteroatoms. The summed E-state index contributed by atoms with van der Waals surface area (Å²) < 4.78 is 13.7. The molecule has 0 saturated heterocycles. The minimum absolute atomic E-state index is 0.00142. The van der Waals surface area contributed by atoms with Crippen LogP contribution in [0.25, 0.3) is 12.2 Å². The van der Waals surface area contributed by atoms with Gasteiger partial charge in [-0.05, 0) is 93.6 Å². The summed E-state index contributed by atoms with van der Waals surface area (Å²) >= 11 is 0. The quantitative estimate of drug-likeness (QED) is 0.0841. The van der Waals surface area contributed by atoms with Gasteiger partial charge in [-0.1, -0.05) is 29.9 Å². The molecule has 9 nitrogen and oxygen atoms in total. The summed E-state index contributed by atoms with van der Waals surface area (Å²) in [6, 6.07) is 15.7. The van der Waals surface area contributed by atoms with Gasteiger partial charge in [-0.3, -0.25) is 0 Å². The van der Waals surface area contributed by atoms with Gasteiger partial charge in [0.25, 0.3) is 5.79 Å². The Morgan fingerprint density at radius 1 is 0.812 bits per heavy atom. The Hall–Kier alpha value is -5.28. The molecular weight excluding hydrogens is 612 g/mol. The smallest absolute Gasteiger partial charge is 0.285 e. The fourth-order valence-electron chi connectivity index (χ4n) is 7.55. The SMILES string of the molecule is CC1=C[C@H]2c3c(O)cc(/C=C/c4ccc(O)cc4O)cc3OC3(c4ccc(O)c(CCC(C)(C)O)c4O)Oc4cc(O)ccc4[C@H](C1)[C@@H]23. The fourth-order valence-corrected chi connectivity index (χ4v) is 7.55. The molecule has 4 aromatic carbocycles. The van der Waals surface area contributed by atoms with Crippen LogP contribution in [0.1, 0.15) is 78.8 Å². The summed E-state index contributed by atoms with van der Waals surface area (Å²) in [5.41, 5.74) is 3.00. The first-order valence-electron chi connectivity index (χ1n) is 16.0. The Balaban J connectivity index is 1.43. The molecule has 0 saturated carbocycles. The highest BCUT2D eigenvalue weighted by Crippen LogP contribution is 2.65. The third-order valence-electron chi connectivity index (χ3n) is 9.75. The zero-order valence-electron chi connectivity index (χ0n) is 26.8. The number of phenols is 6. The van der Waals surface area contributed by atoms with E-state index in [2.05, 4.69) is 6.08 Å². The molecule has 48 heavy (non-hydrogen) atoms. The number of hydrogen-bond donors (Lipinski definition) is 7. The summed E-state index contributed by atoms with van der Waals surface area (Å²) in [4.78, 5) is 0. The van der Waals surface area contributed by atoms with E-state index in [4.69, 9.17) is 9.47 Å². The fraction of sp³-hybridized carbons (Fsp3) is 0.282. The van der Waals surface area contributed by atoms with Crippen molar-refractivity contribution in [2.24, 2.45) is 5.92 Å². The Labute approximate surface area is 277 Å². The molecule has 7 N–H and O–H groups in total. The van der Waals surface area contributed by atoms with E-state index in [1.165, 1.54) is 24.3 Å². The van der Waals surface area contributed by atoms with Crippen molar-refractivity contribution in [1.82, 2.24) is 0 Å². The average Bonchev–Trinajstić information content (AvgIpc) is 2.99. The van der Waals surface area contributed by atoms with Gasteiger partial charge >= 0.3 is 0 Å². The number of ether oxygens (including phenoxy) is 2. The van der Waals surface area contributed by atoms with Crippen LogP contribution in [0.4, 0.5) is 0 Å². The average molecular weight is 651 g/mol. The Kier molecular flexibility index (Phi) is 7.29. The van der Waals surface area contributed by atoms with Crippen LogP contribution in [0.15, 0.2) is 72.3 Å². The minimum atomic E-state index is -1.66. The normalized spacial score (nSPS) is 22.6. The number of aromatic hydroxyl groups is 6. The third-order valence-corrected chi connectivity index (χ3v) is 9.75. The lowest BCUT2D eigenvalue weighted by atomic mass is 9.61. The molecular formula is C39H38O9. The highest BCUT2D eigenvalue weighted by molar-refractivity contribution is 5.75. The highest BCUT2D eigenvalue weighted by Gasteiger charge is 2.62. The van der Waals surface area contributed by atoms with E-state index in [1.54, 1.807) is 56.3 Å². The number of rotatable bonds is 6. The lowest BCUT2D eigenvalue weighted by molar-refractivity contribution is -0.198. The third kappa shape index (κ3) is 5.24. The minimum Gasteiger partial charge on any atom is -0.508 e. The molecule has 2 aliphatic heterocycles. The van der Waals surface area contributed by atoms with Gasteiger partial charge in [-0.2, -0.15) is 0 Å². The van der Waals surface area contributed by atoms with Crippen LogP contribution >= 0.6 is 0 Å². The van der Waals surface area contributed by atoms with Crippen LogP contribution in [0.3, 0.4) is 0 Å². The molecule has 0 aromatic heterocycles. The van der Waals surface area contributed by atoms with Crippen molar-refractivity contribution < 1.29 is 45.2 Å². The van der Waals surface area contributed by atoms with Crippen LogP contribution in [-0.4, -0.2) is 41.3 Å². The monoisotopic (exact) mass is 650 g/mol. The molecule has 0 radical (unpaired) electrons. The maximum absolute atomic E-state index is 11.9. The number of fused-ring (bicyclic) bond motifs is 4. The van der Waals surface area contributed by atoms with Gasteiger partial charge in [-0.15, -0.1) is 0 Å². The first-order chi connectivity index (χ1) is 22.7. The van der Waals surface area contributed by atoms with Crippen molar-refractivity contribution in [3.05, 3.63) is 106 Å².